The molecule has 0 spiro atoms. The highest BCUT2D eigenvalue weighted by molar-refractivity contribution is 7.80. The topological polar surface area (TPSA) is 79.5 Å². The number of amides is 2. The van der Waals surface area contributed by atoms with E-state index in [0.29, 0.717) is 5.75 Å². The van der Waals surface area contributed by atoms with E-state index in [4.69, 9.17) is 17.0 Å². The van der Waals surface area contributed by atoms with E-state index in [1.54, 1.807) is 0 Å². The summed E-state index contributed by atoms with van der Waals surface area (Å²) in [5.74, 6) is -0.0843. The largest absolute Gasteiger partial charge is 0.484 e. The monoisotopic (exact) mass is 421 g/mol. The van der Waals surface area contributed by atoms with Crippen LogP contribution in [0.4, 0.5) is 0 Å². The Morgan fingerprint density at radius 1 is 0.900 bits per heavy atom. The van der Waals surface area contributed by atoms with Gasteiger partial charge in [-0.2, -0.15) is 0 Å². The van der Waals surface area contributed by atoms with Gasteiger partial charge in [0.25, 0.3) is 5.91 Å². The summed E-state index contributed by atoms with van der Waals surface area (Å²) in [5, 5.41) is 4.66. The predicted molar refractivity (Wildman–Crippen MR) is 121 cm³/mol. The molecular formula is C23H23N3O3S. The molecule has 0 aromatic heterocycles. The van der Waals surface area contributed by atoms with Gasteiger partial charge in [-0.05, 0) is 52.7 Å². The Balaban J connectivity index is 1.42. The van der Waals surface area contributed by atoms with Crippen LogP contribution < -0.4 is 20.9 Å². The highest BCUT2D eigenvalue weighted by atomic mass is 32.1. The first-order valence-corrected chi connectivity index (χ1v) is 10.0. The van der Waals surface area contributed by atoms with Gasteiger partial charge in [-0.3, -0.25) is 20.4 Å². The maximum atomic E-state index is 12.3. The number of ether oxygens (including phenoxy) is 1. The number of rotatable bonds is 6. The molecular weight excluding hydrogens is 398 g/mol. The Bertz CT molecular complexity index is 1050. The molecule has 3 rings (SSSR count). The van der Waals surface area contributed by atoms with Gasteiger partial charge in [0.05, 0.1) is 6.42 Å². The van der Waals surface area contributed by atoms with Gasteiger partial charge in [-0.1, -0.05) is 61.5 Å². The first-order chi connectivity index (χ1) is 14.5. The number of carbonyl (C=O) groups excluding carboxylic acids is 2. The summed E-state index contributed by atoms with van der Waals surface area (Å²) in [7, 11) is 0. The minimum atomic E-state index is -0.416. The number of aryl methyl sites for hydroxylation is 1. The highest BCUT2D eigenvalue weighted by Crippen LogP contribution is 2.18. The van der Waals surface area contributed by atoms with E-state index in [1.807, 2.05) is 66.7 Å². The fourth-order valence-corrected chi connectivity index (χ4v) is 3.12. The molecule has 0 aliphatic heterocycles. The minimum absolute atomic E-state index is 0.0147. The number of hydrazine groups is 1. The van der Waals surface area contributed by atoms with Crippen molar-refractivity contribution in [1.82, 2.24) is 16.2 Å². The molecule has 0 unspecified atom stereocenters. The van der Waals surface area contributed by atoms with Crippen molar-refractivity contribution in [3.63, 3.8) is 0 Å². The van der Waals surface area contributed by atoms with Crippen molar-refractivity contribution in [3.05, 3.63) is 77.9 Å². The van der Waals surface area contributed by atoms with Gasteiger partial charge in [0, 0.05) is 0 Å². The molecule has 30 heavy (non-hydrogen) atoms. The van der Waals surface area contributed by atoms with Crippen molar-refractivity contribution >= 4 is 39.9 Å². The van der Waals surface area contributed by atoms with E-state index < -0.39 is 5.91 Å². The molecule has 0 saturated heterocycles. The number of fused-ring (bicyclic) bond motifs is 1. The average molecular weight is 422 g/mol. The molecule has 3 aromatic carbocycles. The van der Waals surface area contributed by atoms with Gasteiger partial charge in [0.1, 0.15) is 5.75 Å². The van der Waals surface area contributed by atoms with E-state index in [2.05, 4.69) is 23.1 Å². The minimum Gasteiger partial charge on any atom is -0.484 e. The van der Waals surface area contributed by atoms with E-state index in [1.165, 1.54) is 5.56 Å². The van der Waals surface area contributed by atoms with Crippen LogP contribution in [0.15, 0.2) is 66.7 Å². The first kappa shape index (κ1) is 21.3. The summed E-state index contributed by atoms with van der Waals surface area (Å²) >= 11 is 5.07. The molecule has 3 aromatic rings. The Morgan fingerprint density at radius 2 is 1.63 bits per heavy atom. The fourth-order valence-electron chi connectivity index (χ4n) is 2.95. The van der Waals surface area contributed by atoms with Gasteiger partial charge in [0.15, 0.2) is 11.7 Å². The number of carbonyl (C=O) groups is 2. The van der Waals surface area contributed by atoms with E-state index in [-0.39, 0.29) is 24.0 Å². The fraction of sp³-hybridized carbons (Fsp3) is 0.174. The number of benzene rings is 3. The SMILES string of the molecule is CCc1ccc(OCC(=O)NNC(=S)NC(=O)Cc2cccc3ccccc23)cc1. The molecule has 0 fully saturated rings. The molecule has 6 nitrogen and oxygen atoms in total. The number of hydrogen-bond donors (Lipinski definition) is 3. The molecule has 0 heterocycles. The quantitative estimate of drug-likeness (QED) is 0.421. The zero-order chi connectivity index (χ0) is 21.3. The normalized spacial score (nSPS) is 10.3. The summed E-state index contributed by atoms with van der Waals surface area (Å²) in [4.78, 5) is 24.2. The lowest BCUT2D eigenvalue weighted by Crippen LogP contribution is -2.49. The maximum absolute atomic E-state index is 12.3. The summed E-state index contributed by atoms with van der Waals surface area (Å²) in [5.41, 5.74) is 7.01. The van der Waals surface area contributed by atoms with Crippen LogP contribution in [0.5, 0.6) is 5.75 Å². The van der Waals surface area contributed by atoms with Crippen LogP contribution >= 0.6 is 12.2 Å². The van der Waals surface area contributed by atoms with Crippen molar-refractivity contribution in [3.8, 4) is 5.75 Å². The second-order valence-electron chi connectivity index (χ2n) is 6.65. The van der Waals surface area contributed by atoms with Gasteiger partial charge in [-0.15, -0.1) is 0 Å². The lowest BCUT2D eigenvalue weighted by molar-refractivity contribution is -0.124. The average Bonchev–Trinajstić information content (AvgIpc) is 2.77. The number of nitrogens with one attached hydrogen (secondary N) is 3. The third-order valence-corrected chi connectivity index (χ3v) is 4.70. The summed E-state index contributed by atoms with van der Waals surface area (Å²) in [6.07, 6.45) is 1.11. The van der Waals surface area contributed by atoms with Gasteiger partial charge < -0.3 is 10.1 Å². The summed E-state index contributed by atoms with van der Waals surface area (Å²) in [6.45, 7) is 1.89. The molecule has 0 bridgehead atoms. The van der Waals surface area contributed by atoms with Crippen molar-refractivity contribution in [2.75, 3.05) is 6.61 Å². The summed E-state index contributed by atoms with van der Waals surface area (Å²) < 4.78 is 5.42. The lowest BCUT2D eigenvalue weighted by atomic mass is 10.0. The van der Waals surface area contributed by atoms with Crippen LogP contribution in [0.3, 0.4) is 0 Å². The van der Waals surface area contributed by atoms with E-state index in [9.17, 15) is 9.59 Å². The predicted octanol–water partition coefficient (Wildman–Crippen LogP) is 3.05. The Hall–Kier alpha value is -3.45. The standard InChI is InChI=1S/C23H23N3O3S/c1-2-16-10-12-19(13-11-16)29-15-22(28)25-26-23(30)24-21(27)14-18-8-5-7-17-6-3-4-9-20(17)18/h3-13H,2,14-15H2,1H3,(H,25,28)(H2,24,26,27,30). The zero-order valence-electron chi connectivity index (χ0n) is 16.6. The molecule has 0 saturated carbocycles. The van der Waals surface area contributed by atoms with E-state index >= 15 is 0 Å². The second kappa shape index (κ2) is 10.4. The van der Waals surface area contributed by atoms with Crippen molar-refractivity contribution in [1.29, 1.82) is 0 Å². The highest BCUT2D eigenvalue weighted by Gasteiger charge is 2.09. The first-order valence-electron chi connectivity index (χ1n) is 9.62. The Labute approximate surface area is 180 Å². The van der Waals surface area contributed by atoms with Crippen molar-refractivity contribution < 1.29 is 14.3 Å². The molecule has 0 atom stereocenters. The van der Waals surface area contributed by atoms with Crippen LogP contribution in [0.1, 0.15) is 18.1 Å². The van der Waals surface area contributed by atoms with Gasteiger partial charge >= 0.3 is 0 Å². The molecule has 154 valence electrons. The smallest absolute Gasteiger partial charge is 0.276 e. The lowest BCUT2D eigenvalue weighted by Gasteiger charge is -2.12. The van der Waals surface area contributed by atoms with Crippen LogP contribution in [0.25, 0.3) is 10.8 Å². The van der Waals surface area contributed by atoms with Gasteiger partial charge in [-0.25, -0.2) is 0 Å². The molecule has 3 N–H and O–H groups in total. The van der Waals surface area contributed by atoms with Gasteiger partial charge in [0.2, 0.25) is 5.91 Å². The molecule has 0 aliphatic rings. The number of thiocarbonyl (C=S) groups is 1. The van der Waals surface area contributed by atoms with Crippen LogP contribution in [0, 0.1) is 0 Å². The Morgan fingerprint density at radius 3 is 2.40 bits per heavy atom. The van der Waals surface area contributed by atoms with Crippen molar-refractivity contribution in [2.45, 2.75) is 19.8 Å². The molecule has 2 amide bonds. The maximum Gasteiger partial charge on any atom is 0.276 e. The van der Waals surface area contributed by atoms with E-state index in [0.717, 1.165) is 22.8 Å². The second-order valence-corrected chi connectivity index (χ2v) is 7.06. The Kier molecular flexibility index (Phi) is 7.34. The number of hydrogen-bond acceptors (Lipinski definition) is 4. The third kappa shape index (κ3) is 6.02. The molecule has 0 radical (unpaired) electrons. The van der Waals surface area contributed by atoms with Crippen molar-refractivity contribution in [2.24, 2.45) is 0 Å². The third-order valence-electron chi connectivity index (χ3n) is 4.50. The zero-order valence-corrected chi connectivity index (χ0v) is 17.4. The molecule has 0 aliphatic carbocycles. The molecule has 7 heteroatoms. The van der Waals surface area contributed by atoms with Crippen LogP contribution in [-0.4, -0.2) is 23.5 Å². The van der Waals surface area contributed by atoms with Crippen LogP contribution in [0.2, 0.25) is 0 Å². The summed E-state index contributed by atoms with van der Waals surface area (Å²) in [6, 6.07) is 21.2. The van der Waals surface area contributed by atoms with Crippen LogP contribution in [-0.2, 0) is 22.4 Å².